The van der Waals surface area contributed by atoms with Gasteiger partial charge in [-0.2, -0.15) is 18.2 Å². The maximum atomic E-state index is 13.1. The van der Waals surface area contributed by atoms with Crippen molar-refractivity contribution in [1.29, 1.82) is 0 Å². The second-order valence-corrected chi connectivity index (χ2v) is 4.79. The maximum Gasteiger partial charge on any atom is 0.416 e. The average Bonchev–Trinajstić information content (AvgIpc) is 2.75. The van der Waals surface area contributed by atoms with E-state index >= 15 is 0 Å². The van der Waals surface area contributed by atoms with Crippen molar-refractivity contribution in [2.24, 2.45) is 4.99 Å². The molecule has 1 heterocycles. The van der Waals surface area contributed by atoms with Crippen LogP contribution in [0.2, 0.25) is 0 Å². The van der Waals surface area contributed by atoms with Gasteiger partial charge in [0, 0.05) is 6.04 Å². The van der Waals surface area contributed by atoms with Gasteiger partial charge in [-0.1, -0.05) is 6.07 Å². The number of rotatable bonds is 2. The summed E-state index contributed by atoms with van der Waals surface area (Å²) in [4.78, 5) is 5.57. The summed E-state index contributed by atoms with van der Waals surface area (Å²) in [5.41, 5.74) is -0.125. The van der Waals surface area contributed by atoms with Gasteiger partial charge in [0.1, 0.15) is 0 Å². The van der Waals surface area contributed by atoms with E-state index in [0.717, 1.165) is 25.5 Å². The smallest absolute Gasteiger partial charge is 0.299 e. The monoisotopic (exact) mass is 286 g/mol. The van der Waals surface area contributed by atoms with Crippen molar-refractivity contribution in [3.05, 3.63) is 29.3 Å². The molecule has 0 unspecified atom stereocenters. The fourth-order valence-electron chi connectivity index (χ4n) is 2.51. The van der Waals surface area contributed by atoms with Crippen LogP contribution in [0.3, 0.4) is 0 Å². The normalized spacial score (nSPS) is 20.3. The zero-order chi connectivity index (χ0) is 14.0. The van der Waals surface area contributed by atoms with Gasteiger partial charge >= 0.3 is 6.18 Å². The van der Waals surface area contributed by atoms with Gasteiger partial charge in [0.25, 0.3) is 0 Å². The molecule has 0 saturated carbocycles. The topological polar surface area (TPSA) is 15.6 Å². The molecule has 0 spiro atoms. The van der Waals surface area contributed by atoms with Crippen LogP contribution in [0.15, 0.2) is 23.2 Å². The molecule has 1 aromatic carbocycles. The number of thiocarbonyl (C=S) groups is 1. The first-order valence-corrected chi connectivity index (χ1v) is 6.33. The fourth-order valence-corrected chi connectivity index (χ4v) is 2.61. The van der Waals surface area contributed by atoms with E-state index in [9.17, 15) is 13.2 Å². The molecule has 2 nitrogen and oxygen atoms in total. The Balaban J connectivity index is 2.50. The Morgan fingerprint density at radius 1 is 1.42 bits per heavy atom. The van der Waals surface area contributed by atoms with Gasteiger partial charge in [0.2, 0.25) is 0 Å². The van der Waals surface area contributed by atoms with Crippen LogP contribution in [0, 0.1) is 0 Å². The Morgan fingerprint density at radius 3 is 2.68 bits per heavy atom. The molecule has 0 aromatic heterocycles. The van der Waals surface area contributed by atoms with Gasteiger partial charge < -0.3 is 0 Å². The van der Waals surface area contributed by atoms with Crippen molar-refractivity contribution in [3.63, 3.8) is 0 Å². The van der Waals surface area contributed by atoms with E-state index in [-0.39, 0.29) is 11.7 Å². The van der Waals surface area contributed by atoms with Gasteiger partial charge in [-0.3, -0.25) is 4.90 Å². The number of aliphatic imine (C=N–C) groups is 1. The lowest BCUT2D eigenvalue weighted by Gasteiger charge is -2.23. The van der Waals surface area contributed by atoms with Crippen molar-refractivity contribution in [1.82, 2.24) is 4.90 Å². The summed E-state index contributed by atoms with van der Waals surface area (Å²) in [7, 11) is 1.85. The molecule has 0 amide bonds. The lowest BCUT2D eigenvalue weighted by atomic mass is 9.97. The summed E-state index contributed by atoms with van der Waals surface area (Å²) in [6.07, 6.45) is -2.72. The van der Waals surface area contributed by atoms with E-state index < -0.39 is 11.7 Å². The third-order valence-corrected chi connectivity index (χ3v) is 3.49. The summed E-state index contributed by atoms with van der Waals surface area (Å²) in [5.74, 6) is 0. The summed E-state index contributed by atoms with van der Waals surface area (Å²) in [5, 5.41) is 2.09. The van der Waals surface area contributed by atoms with E-state index in [2.05, 4.69) is 22.4 Å². The van der Waals surface area contributed by atoms with Crippen molar-refractivity contribution >= 4 is 23.1 Å². The molecule has 1 atom stereocenters. The first kappa shape index (κ1) is 14.2. The molecule has 19 heavy (non-hydrogen) atoms. The Bertz CT molecular complexity index is 521. The molecule has 1 aliphatic rings. The molecule has 0 N–H and O–H groups in total. The predicted octanol–water partition coefficient (Wildman–Crippen LogP) is 4.21. The maximum absolute atomic E-state index is 13.1. The minimum absolute atomic E-state index is 0.179. The van der Waals surface area contributed by atoms with Crippen LogP contribution in [0.5, 0.6) is 0 Å². The van der Waals surface area contributed by atoms with Gasteiger partial charge in [0.15, 0.2) is 0 Å². The van der Waals surface area contributed by atoms with Crippen molar-refractivity contribution in [2.75, 3.05) is 13.6 Å². The highest BCUT2D eigenvalue weighted by Gasteiger charge is 2.37. The van der Waals surface area contributed by atoms with E-state index in [1.165, 1.54) is 6.07 Å². The Morgan fingerprint density at radius 2 is 2.16 bits per heavy atom. The number of hydrogen-bond acceptors (Lipinski definition) is 3. The molecule has 102 valence electrons. The SMILES string of the molecule is CN1CCC[C@H]1c1ccc(N=C=S)cc1C(F)(F)F. The second-order valence-electron chi connectivity index (χ2n) is 4.61. The zero-order valence-corrected chi connectivity index (χ0v) is 11.2. The molecular formula is C13H13F3N2S. The molecular weight excluding hydrogens is 273 g/mol. The van der Waals surface area contributed by atoms with Crippen LogP contribution in [0.4, 0.5) is 18.9 Å². The Kier molecular flexibility index (Phi) is 4.04. The number of likely N-dealkylation sites (tertiary alicyclic amines) is 1. The number of alkyl halides is 3. The summed E-state index contributed by atoms with van der Waals surface area (Å²) >= 11 is 4.42. The number of hydrogen-bond donors (Lipinski definition) is 0. The van der Waals surface area contributed by atoms with Crippen LogP contribution in [0.25, 0.3) is 0 Å². The van der Waals surface area contributed by atoms with Crippen molar-refractivity contribution in [3.8, 4) is 0 Å². The Hall–Kier alpha value is -1.23. The summed E-state index contributed by atoms with van der Waals surface area (Å²) in [6, 6.07) is 3.92. The third kappa shape index (κ3) is 3.03. The Labute approximate surface area is 114 Å². The van der Waals surface area contributed by atoms with Gasteiger partial charge in [-0.25, -0.2) is 0 Å². The quantitative estimate of drug-likeness (QED) is 0.598. The first-order valence-electron chi connectivity index (χ1n) is 5.92. The number of benzene rings is 1. The van der Waals surface area contributed by atoms with Crippen LogP contribution in [0.1, 0.15) is 30.0 Å². The molecule has 0 radical (unpaired) electrons. The van der Waals surface area contributed by atoms with Crippen molar-refractivity contribution in [2.45, 2.75) is 25.1 Å². The van der Waals surface area contributed by atoms with Crippen LogP contribution < -0.4 is 0 Å². The van der Waals surface area contributed by atoms with Gasteiger partial charge in [-0.05, 0) is 56.3 Å². The predicted molar refractivity (Wildman–Crippen MR) is 70.7 cm³/mol. The zero-order valence-electron chi connectivity index (χ0n) is 10.4. The van der Waals surface area contributed by atoms with Gasteiger partial charge in [-0.15, -0.1) is 0 Å². The van der Waals surface area contributed by atoms with Crippen LogP contribution >= 0.6 is 12.2 Å². The average molecular weight is 286 g/mol. The van der Waals surface area contributed by atoms with E-state index in [4.69, 9.17) is 0 Å². The highest BCUT2D eigenvalue weighted by Crippen LogP contribution is 2.41. The largest absolute Gasteiger partial charge is 0.416 e. The van der Waals surface area contributed by atoms with Gasteiger partial charge in [0.05, 0.1) is 16.4 Å². The number of nitrogens with zero attached hydrogens (tertiary/aromatic N) is 2. The minimum Gasteiger partial charge on any atom is -0.299 e. The standard InChI is InChI=1S/C13H13F3N2S/c1-18-6-2-3-12(18)10-5-4-9(17-8-19)7-11(10)13(14,15)16/h4-5,7,12H,2-3,6H2,1H3/t12-/m0/s1. The number of halogens is 3. The van der Waals surface area contributed by atoms with Crippen LogP contribution in [-0.2, 0) is 6.18 Å². The summed E-state index contributed by atoms with van der Waals surface area (Å²) < 4.78 is 39.4. The molecule has 0 bridgehead atoms. The van der Waals surface area contributed by atoms with E-state index in [1.807, 2.05) is 11.9 Å². The molecule has 1 fully saturated rings. The molecule has 1 aromatic rings. The molecule has 1 saturated heterocycles. The molecule has 2 rings (SSSR count). The molecule has 0 aliphatic carbocycles. The first-order chi connectivity index (χ1) is 8.93. The fraction of sp³-hybridized carbons (Fsp3) is 0.462. The molecule has 1 aliphatic heterocycles. The van der Waals surface area contributed by atoms with Crippen LogP contribution in [-0.4, -0.2) is 23.7 Å². The van der Waals surface area contributed by atoms with E-state index in [0.29, 0.717) is 5.56 Å². The summed E-state index contributed by atoms with van der Waals surface area (Å²) in [6.45, 7) is 0.821. The highest BCUT2D eigenvalue weighted by molar-refractivity contribution is 7.78. The third-order valence-electron chi connectivity index (χ3n) is 3.40. The van der Waals surface area contributed by atoms with E-state index in [1.54, 1.807) is 6.07 Å². The molecule has 6 heteroatoms. The van der Waals surface area contributed by atoms with Crippen molar-refractivity contribution < 1.29 is 13.2 Å². The minimum atomic E-state index is -4.38. The second kappa shape index (κ2) is 5.41. The number of isothiocyanates is 1. The lowest BCUT2D eigenvalue weighted by Crippen LogP contribution is -2.21. The highest BCUT2D eigenvalue weighted by atomic mass is 32.1. The lowest BCUT2D eigenvalue weighted by molar-refractivity contribution is -0.138.